The number of imidazole rings is 1. The van der Waals surface area contributed by atoms with Gasteiger partial charge in [-0.05, 0) is 55.0 Å². The van der Waals surface area contributed by atoms with Crippen LogP contribution in [0.15, 0.2) is 66.2 Å². The Bertz CT molecular complexity index is 1530. The molecular weight excluding hydrogens is 445 g/mol. The smallest absolute Gasteiger partial charge is 0.416 e. The summed E-state index contributed by atoms with van der Waals surface area (Å²) < 4.78 is 51.9. The zero-order chi connectivity index (χ0) is 23.2. The zero-order valence-corrected chi connectivity index (χ0v) is 18.0. The van der Waals surface area contributed by atoms with Gasteiger partial charge in [-0.25, -0.2) is 9.97 Å². The van der Waals surface area contributed by atoms with Gasteiger partial charge in [-0.1, -0.05) is 0 Å². The molecule has 4 heterocycles. The average molecular weight is 464 g/mol. The van der Waals surface area contributed by atoms with Crippen molar-refractivity contribution in [1.82, 2.24) is 19.9 Å². The molecule has 9 heteroatoms. The molecule has 6 nitrogen and oxygen atoms in total. The minimum Gasteiger partial charge on any atom is -0.457 e. The molecule has 4 aromatic rings. The van der Waals surface area contributed by atoms with Crippen LogP contribution in [-0.4, -0.2) is 31.6 Å². The molecule has 4 atom stereocenters. The summed E-state index contributed by atoms with van der Waals surface area (Å²) in [5.41, 5.74) is 1.70. The lowest BCUT2D eigenvalue weighted by atomic mass is 9.85. The van der Waals surface area contributed by atoms with E-state index in [0.717, 1.165) is 40.2 Å². The topological polar surface area (TPSA) is 75.8 Å². The number of benzene rings is 1. The third-order valence-corrected chi connectivity index (χ3v) is 7.10. The van der Waals surface area contributed by atoms with E-state index in [9.17, 15) is 13.2 Å². The first-order chi connectivity index (χ1) is 16.3. The molecule has 0 bridgehead atoms. The van der Waals surface area contributed by atoms with Crippen molar-refractivity contribution in [2.75, 3.05) is 0 Å². The van der Waals surface area contributed by atoms with Gasteiger partial charge in [0, 0.05) is 24.7 Å². The van der Waals surface area contributed by atoms with E-state index >= 15 is 0 Å². The molecule has 3 aliphatic rings. The first-order valence-corrected chi connectivity index (χ1v) is 11.1. The minimum atomic E-state index is -4.39. The normalized spacial score (nSPS) is 27.9. The number of alkyl halides is 3. The molecule has 1 saturated carbocycles. The number of halogens is 3. The molecular formula is C25H19F3N4O2. The lowest BCUT2D eigenvalue weighted by Gasteiger charge is -2.31. The summed E-state index contributed by atoms with van der Waals surface area (Å²) >= 11 is 0. The summed E-state index contributed by atoms with van der Waals surface area (Å²) in [6.07, 6.45) is 3.83. The predicted octanol–water partition coefficient (Wildman–Crippen LogP) is 5.62. The zero-order valence-electron chi connectivity index (χ0n) is 18.0. The highest BCUT2D eigenvalue weighted by Gasteiger charge is 2.66. The fourth-order valence-corrected chi connectivity index (χ4v) is 5.36. The van der Waals surface area contributed by atoms with Gasteiger partial charge in [-0.15, -0.1) is 0 Å². The molecule has 4 unspecified atom stereocenters. The number of fused-ring (bicyclic) bond motifs is 5. The Kier molecular flexibility index (Phi) is 3.80. The number of aromatic amines is 2. The second-order valence-electron chi connectivity index (χ2n) is 9.28. The van der Waals surface area contributed by atoms with Crippen LogP contribution in [0.5, 0.6) is 5.75 Å². The van der Waals surface area contributed by atoms with Crippen molar-refractivity contribution in [1.29, 1.82) is 0 Å². The molecule has 1 saturated heterocycles. The van der Waals surface area contributed by atoms with Crippen LogP contribution in [0.4, 0.5) is 13.2 Å². The second kappa shape index (κ2) is 6.50. The van der Waals surface area contributed by atoms with Crippen LogP contribution in [0.25, 0.3) is 22.1 Å². The molecule has 0 spiro atoms. The van der Waals surface area contributed by atoms with E-state index in [4.69, 9.17) is 9.47 Å². The van der Waals surface area contributed by atoms with E-state index in [-0.39, 0.29) is 17.9 Å². The van der Waals surface area contributed by atoms with Gasteiger partial charge in [-0.2, -0.15) is 13.2 Å². The third kappa shape index (κ3) is 2.86. The highest BCUT2D eigenvalue weighted by molar-refractivity contribution is 5.82. The van der Waals surface area contributed by atoms with Crippen LogP contribution < -0.4 is 4.74 Å². The Morgan fingerprint density at radius 3 is 2.91 bits per heavy atom. The van der Waals surface area contributed by atoms with E-state index in [1.54, 1.807) is 6.20 Å². The minimum absolute atomic E-state index is 0.0160. The maximum absolute atomic E-state index is 13.1. The second-order valence-corrected chi connectivity index (χ2v) is 9.28. The maximum atomic E-state index is 13.1. The summed E-state index contributed by atoms with van der Waals surface area (Å²) in [5, 5.41) is 0.903. The number of nitrogens with zero attached hydrogens (tertiary/aromatic N) is 2. The fraction of sp³-hybridized carbons (Fsp3) is 0.280. The molecule has 34 heavy (non-hydrogen) atoms. The Balaban J connectivity index is 1.18. The number of allylic oxidation sites excluding steroid dienone is 1. The largest absolute Gasteiger partial charge is 0.457 e. The quantitative estimate of drug-likeness (QED) is 0.413. The molecule has 2 N–H and O–H groups in total. The lowest BCUT2D eigenvalue weighted by Crippen LogP contribution is -2.31. The molecule has 0 radical (unpaired) electrons. The molecule has 1 aromatic carbocycles. The van der Waals surface area contributed by atoms with Crippen molar-refractivity contribution in [3.8, 4) is 5.75 Å². The Morgan fingerprint density at radius 2 is 2.06 bits per heavy atom. The van der Waals surface area contributed by atoms with Gasteiger partial charge >= 0.3 is 6.18 Å². The Hall–Kier alpha value is -3.59. The van der Waals surface area contributed by atoms with Crippen LogP contribution in [-0.2, 0) is 10.9 Å². The summed E-state index contributed by atoms with van der Waals surface area (Å²) in [6.45, 7) is 2.07. The molecule has 172 valence electrons. The number of nitrogens with one attached hydrogen (secondary N) is 2. The number of hydrogen-bond acceptors (Lipinski definition) is 4. The van der Waals surface area contributed by atoms with Crippen LogP contribution in [0.2, 0.25) is 0 Å². The highest BCUT2D eigenvalue weighted by Crippen LogP contribution is 2.64. The van der Waals surface area contributed by atoms with E-state index in [1.165, 1.54) is 6.07 Å². The van der Waals surface area contributed by atoms with Gasteiger partial charge in [-0.3, -0.25) is 0 Å². The monoisotopic (exact) mass is 464 g/mol. The SMILES string of the molecule is CC12CC=C(Oc3ccnc4[nH]ccc34)C=C1C1C(O2)C1c1nc2ccc(C(F)(F)F)cc2[nH]1. The predicted molar refractivity (Wildman–Crippen MR) is 118 cm³/mol. The van der Waals surface area contributed by atoms with Crippen molar-refractivity contribution < 1.29 is 22.6 Å². The number of aromatic nitrogens is 4. The molecule has 0 amide bonds. The van der Waals surface area contributed by atoms with E-state index < -0.39 is 17.3 Å². The van der Waals surface area contributed by atoms with Crippen molar-refractivity contribution in [2.24, 2.45) is 5.92 Å². The van der Waals surface area contributed by atoms with Crippen molar-refractivity contribution in [2.45, 2.75) is 37.1 Å². The Labute approximate surface area is 191 Å². The molecule has 7 rings (SSSR count). The standard InChI is InChI=1S/C25H19F3N4O2/c1-24-7-4-13(33-18-6-9-30-22-14(18)5-8-29-22)11-15(24)19-20(21(19)34-24)23-31-16-3-2-12(25(26,27)28)10-17(16)32-23/h2-6,8-11,19-21H,7H2,1H3,(H,29,30)(H,31,32). The van der Waals surface area contributed by atoms with E-state index in [2.05, 4.69) is 26.9 Å². The number of ether oxygens (including phenoxy) is 2. The molecule has 1 aliphatic heterocycles. The highest BCUT2D eigenvalue weighted by atomic mass is 19.4. The molecule has 2 aliphatic carbocycles. The third-order valence-electron chi connectivity index (χ3n) is 7.10. The summed E-state index contributed by atoms with van der Waals surface area (Å²) in [7, 11) is 0. The average Bonchev–Trinajstić information content (AvgIpc) is 3.17. The van der Waals surface area contributed by atoms with Gasteiger partial charge in [0.05, 0.1) is 39.6 Å². The maximum Gasteiger partial charge on any atom is 0.416 e. The van der Waals surface area contributed by atoms with Crippen LogP contribution in [0.3, 0.4) is 0 Å². The van der Waals surface area contributed by atoms with Crippen molar-refractivity contribution >= 4 is 22.1 Å². The van der Waals surface area contributed by atoms with Crippen LogP contribution in [0.1, 0.15) is 30.7 Å². The van der Waals surface area contributed by atoms with Gasteiger partial charge in [0.15, 0.2) is 0 Å². The van der Waals surface area contributed by atoms with Crippen LogP contribution >= 0.6 is 0 Å². The van der Waals surface area contributed by atoms with E-state index in [0.29, 0.717) is 23.3 Å². The lowest BCUT2D eigenvalue weighted by molar-refractivity contribution is -0.137. The van der Waals surface area contributed by atoms with Gasteiger partial charge in [0.1, 0.15) is 23.0 Å². The number of pyridine rings is 1. The number of H-pyrrole nitrogens is 2. The fourth-order valence-electron chi connectivity index (χ4n) is 5.36. The number of hydrogen-bond donors (Lipinski definition) is 2. The van der Waals surface area contributed by atoms with Crippen molar-refractivity contribution in [3.05, 3.63) is 77.6 Å². The number of rotatable bonds is 3. The van der Waals surface area contributed by atoms with Crippen molar-refractivity contribution in [3.63, 3.8) is 0 Å². The summed E-state index contributed by atoms with van der Waals surface area (Å²) in [6, 6.07) is 7.34. The molecule has 3 aromatic heterocycles. The Morgan fingerprint density at radius 1 is 1.18 bits per heavy atom. The van der Waals surface area contributed by atoms with E-state index in [1.807, 2.05) is 30.5 Å². The summed E-state index contributed by atoms with van der Waals surface area (Å²) in [5.74, 6) is 2.23. The first kappa shape index (κ1) is 19.8. The van der Waals surface area contributed by atoms with Gasteiger partial charge in [0.2, 0.25) is 0 Å². The summed E-state index contributed by atoms with van der Waals surface area (Å²) in [4.78, 5) is 15.0. The van der Waals surface area contributed by atoms with Gasteiger partial charge in [0.25, 0.3) is 0 Å². The van der Waals surface area contributed by atoms with Gasteiger partial charge < -0.3 is 19.4 Å². The first-order valence-electron chi connectivity index (χ1n) is 11.1. The van der Waals surface area contributed by atoms with Crippen LogP contribution in [0, 0.1) is 5.92 Å². The molecule has 2 fully saturated rings.